The molecule has 1 aliphatic rings. The third kappa shape index (κ3) is 5.71. The summed E-state index contributed by atoms with van der Waals surface area (Å²) in [5.41, 5.74) is 9.23. The number of nitrogens with zero attached hydrogens (tertiary/aromatic N) is 4. The largest absolute Gasteiger partial charge is 0.495 e. The first-order chi connectivity index (χ1) is 17.8. The van der Waals surface area contributed by atoms with Crippen molar-refractivity contribution in [2.45, 2.75) is 36.9 Å². The zero-order valence-corrected chi connectivity index (χ0v) is 21.4. The fourth-order valence-corrected chi connectivity index (χ4v) is 5.14. The molecule has 1 fully saturated rings. The van der Waals surface area contributed by atoms with E-state index in [2.05, 4.69) is 56.3 Å². The lowest BCUT2D eigenvalue weighted by Gasteiger charge is -2.43. The predicted molar refractivity (Wildman–Crippen MR) is 144 cm³/mol. The van der Waals surface area contributed by atoms with Gasteiger partial charge in [-0.2, -0.15) is 5.26 Å². The van der Waals surface area contributed by atoms with E-state index in [1.165, 1.54) is 6.33 Å². The minimum absolute atomic E-state index is 0.0236. The van der Waals surface area contributed by atoms with Crippen LogP contribution in [0.15, 0.2) is 61.1 Å². The third-order valence-corrected chi connectivity index (χ3v) is 7.09. The predicted octanol–water partition coefficient (Wildman–Crippen LogP) is 3.06. The first-order valence-corrected chi connectivity index (χ1v) is 12.2. The van der Waals surface area contributed by atoms with Crippen LogP contribution in [-0.4, -0.2) is 66.7 Å². The number of anilines is 1. The number of nitrogens with two attached hydrogens (primary N) is 1. The van der Waals surface area contributed by atoms with Crippen molar-refractivity contribution < 1.29 is 9.53 Å². The molecular formula is C28H33N7O2. The Morgan fingerprint density at radius 2 is 2.05 bits per heavy atom. The summed E-state index contributed by atoms with van der Waals surface area (Å²) in [7, 11) is 5.70. The second-order valence-corrected chi connectivity index (χ2v) is 9.64. The number of ether oxygens (including phenoxy) is 1. The summed E-state index contributed by atoms with van der Waals surface area (Å²) in [4.78, 5) is 23.2. The van der Waals surface area contributed by atoms with E-state index in [9.17, 15) is 4.79 Å². The number of carbonyl (C=O) groups is 1. The van der Waals surface area contributed by atoms with Crippen LogP contribution >= 0.6 is 0 Å². The molecule has 1 aliphatic carbocycles. The molecule has 3 aromatic rings. The van der Waals surface area contributed by atoms with Gasteiger partial charge < -0.3 is 26.0 Å². The summed E-state index contributed by atoms with van der Waals surface area (Å²) in [6.07, 6.45) is 4.34. The lowest BCUT2D eigenvalue weighted by atomic mass is 9.74. The number of amides is 1. The molecule has 0 bridgehead atoms. The van der Waals surface area contributed by atoms with Crippen molar-refractivity contribution in [2.24, 2.45) is 5.73 Å². The Bertz CT molecular complexity index is 1320. The van der Waals surface area contributed by atoms with Crippen molar-refractivity contribution >= 4 is 22.4 Å². The highest BCUT2D eigenvalue weighted by atomic mass is 16.5. The highest BCUT2D eigenvalue weighted by Crippen LogP contribution is 2.39. The van der Waals surface area contributed by atoms with Gasteiger partial charge in [0.25, 0.3) is 5.91 Å². The van der Waals surface area contributed by atoms with Crippen LogP contribution < -0.4 is 21.1 Å². The summed E-state index contributed by atoms with van der Waals surface area (Å²) >= 11 is 0. The monoisotopic (exact) mass is 499 g/mol. The average molecular weight is 500 g/mol. The summed E-state index contributed by atoms with van der Waals surface area (Å²) in [6.45, 7) is 4.09. The van der Waals surface area contributed by atoms with Gasteiger partial charge in [-0.25, -0.2) is 9.97 Å². The normalized spacial score (nSPS) is 21.3. The van der Waals surface area contributed by atoms with E-state index >= 15 is 0 Å². The molecule has 1 amide bonds. The molecule has 1 saturated carbocycles. The van der Waals surface area contributed by atoms with E-state index in [0.29, 0.717) is 30.0 Å². The molecule has 0 unspecified atom stereocenters. The van der Waals surface area contributed by atoms with E-state index in [0.717, 1.165) is 28.4 Å². The van der Waals surface area contributed by atoms with Crippen molar-refractivity contribution in [3.05, 3.63) is 72.3 Å². The van der Waals surface area contributed by atoms with Gasteiger partial charge in [-0.1, -0.05) is 24.8 Å². The number of hydrogen-bond donors (Lipinski definition) is 3. The van der Waals surface area contributed by atoms with Crippen LogP contribution in [-0.2, 0) is 0 Å². The maximum absolute atomic E-state index is 13.0. The van der Waals surface area contributed by atoms with Crippen molar-refractivity contribution in [3.8, 4) is 11.8 Å². The number of likely N-dealkylation sites (N-methyl/N-ethyl adjacent to an activating group) is 1. The molecule has 1 heterocycles. The number of nitrogens with one attached hydrogen (secondary N) is 2. The smallest absolute Gasteiger partial charge is 0.270 e. The number of benzene rings is 2. The van der Waals surface area contributed by atoms with E-state index in [4.69, 9.17) is 15.7 Å². The topological polar surface area (TPSA) is 129 Å². The maximum atomic E-state index is 13.0. The van der Waals surface area contributed by atoms with Gasteiger partial charge in [0.1, 0.15) is 17.8 Å². The molecule has 9 nitrogen and oxygen atoms in total. The second-order valence-electron chi connectivity index (χ2n) is 9.64. The fourth-order valence-electron chi connectivity index (χ4n) is 5.14. The Morgan fingerprint density at radius 1 is 1.27 bits per heavy atom. The van der Waals surface area contributed by atoms with E-state index in [1.54, 1.807) is 19.4 Å². The van der Waals surface area contributed by atoms with Crippen LogP contribution in [0, 0.1) is 11.3 Å². The fraction of sp³-hybridized carbons (Fsp3) is 0.357. The molecule has 2 aromatic carbocycles. The number of fused-ring (bicyclic) bond motifs is 1. The van der Waals surface area contributed by atoms with Crippen molar-refractivity contribution in [3.63, 3.8) is 0 Å². The van der Waals surface area contributed by atoms with Crippen LogP contribution in [0.2, 0.25) is 0 Å². The van der Waals surface area contributed by atoms with Gasteiger partial charge in [0.2, 0.25) is 0 Å². The van der Waals surface area contributed by atoms with E-state index in [1.807, 2.05) is 26.2 Å². The Hall–Kier alpha value is -4.00. The van der Waals surface area contributed by atoms with Crippen LogP contribution in [0.1, 0.15) is 34.8 Å². The second kappa shape index (κ2) is 11.4. The Kier molecular flexibility index (Phi) is 8.01. The zero-order chi connectivity index (χ0) is 26.5. The average Bonchev–Trinajstić information content (AvgIpc) is 2.91. The van der Waals surface area contributed by atoms with Gasteiger partial charge in [-0.05, 0) is 56.1 Å². The molecule has 4 N–H and O–H groups in total. The third-order valence-electron chi connectivity index (χ3n) is 7.09. The number of aromatic nitrogens is 2. The molecular weight excluding hydrogens is 466 g/mol. The Labute approximate surface area is 217 Å². The van der Waals surface area contributed by atoms with E-state index in [-0.39, 0.29) is 30.0 Å². The molecule has 4 rings (SSSR count). The zero-order valence-electron chi connectivity index (χ0n) is 21.4. The minimum Gasteiger partial charge on any atom is -0.495 e. The lowest BCUT2D eigenvalue weighted by Crippen LogP contribution is -2.56. The van der Waals surface area contributed by atoms with Gasteiger partial charge in [0, 0.05) is 47.7 Å². The summed E-state index contributed by atoms with van der Waals surface area (Å²) < 4.78 is 5.62. The SMILES string of the molecule is C=C(C#N)CNc1c(OC)ccc2ccc([C@@H]3C[C@H](N(C)C)[C@@H](N)C[C@@H]3NC(=O)c3ccncn3)cc12. The summed E-state index contributed by atoms with van der Waals surface area (Å²) in [5.74, 6) is 0.462. The molecule has 0 aliphatic heterocycles. The number of methoxy groups -OCH3 is 1. The quantitative estimate of drug-likeness (QED) is 0.403. The first-order valence-electron chi connectivity index (χ1n) is 12.2. The molecule has 4 atom stereocenters. The van der Waals surface area contributed by atoms with Gasteiger partial charge in [0.05, 0.1) is 18.9 Å². The molecule has 192 valence electrons. The summed E-state index contributed by atoms with van der Waals surface area (Å²) in [6, 6.07) is 13.8. The van der Waals surface area contributed by atoms with Crippen LogP contribution in [0.3, 0.4) is 0 Å². The molecule has 0 spiro atoms. The van der Waals surface area contributed by atoms with Gasteiger partial charge in [0.15, 0.2) is 0 Å². The number of hydrogen-bond acceptors (Lipinski definition) is 8. The Balaban J connectivity index is 1.73. The van der Waals surface area contributed by atoms with Gasteiger partial charge in [-0.3, -0.25) is 4.79 Å². The number of nitriles is 1. The molecule has 37 heavy (non-hydrogen) atoms. The van der Waals surface area contributed by atoms with Crippen molar-refractivity contribution in [1.29, 1.82) is 5.26 Å². The number of carbonyl (C=O) groups excluding carboxylic acids is 1. The first kappa shape index (κ1) is 26.1. The van der Waals surface area contributed by atoms with Crippen LogP contribution in [0.5, 0.6) is 5.75 Å². The van der Waals surface area contributed by atoms with E-state index < -0.39 is 0 Å². The molecule has 0 saturated heterocycles. The molecule has 9 heteroatoms. The molecule has 0 radical (unpaired) electrons. The van der Waals surface area contributed by atoms with Crippen LogP contribution in [0.25, 0.3) is 10.8 Å². The van der Waals surface area contributed by atoms with Crippen molar-refractivity contribution in [1.82, 2.24) is 20.2 Å². The van der Waals surface area contributed by atoms with Crippen molar-refractivity contribution in [2.75, 3.05) is 33.1 Å². The summed E-state index contributed by atoms with van der Waals surface area (Å²) in [5, 5.41) is 17.7. The number of rotatable bonds is 8. The highest BCUT2D eigenvalue weighted by Gasteiger charge is 2.38. The van der Waals surface area contributed by atoms with Gasteiger partial charge >= 0.3 is 0 Å². The maximum Gasteiger partial charge on any atom is 0.270 e. The standard InChI is InChI=1S/C28H33N7O2/c1-17(14-29)15-32-27-21-11-19(6-5-18(21)7-8-26(27)37-4)20-12-25(35(2)3)22(30)13-24(20)34-28(36)23-9-10-31-16-33-23/h5-11,16,20,22,24-25,32H,1,12-13,15,30H2,2-4H3,(H,34,36)/t20-,22-,24-,25-/m0/s1. The van der Waals surface area contributed by atoms with Crippen LogP contribution in [0.4, 0.5) is 5.69 Å². The molecule has 1 aromatic heterocycles. The Morgan fingerprint density at radius 3 is 2.73 bits per heavy atom. The highest BCUT2D eigenvalue weighted by molar-refractivity contribution is 5.97. The van der Waals surface area contributed by atoms with Gasteiger partial charge in [-0.15, -0.1) is 0 Å². The lowest BCUT2D eigenvalue weighted by molar-refractivity contribution is 0.0887. The minimum atomic E-state index is -0.243.